The van der Waals surface area contributed by atoms with Gasteiger partial charge in [0.15, 0.2) is 11.5 Å². The predicted octanol–water partition coefficient (Wildman–Crippen LogP) is 5.75. The minimum atomic E-state index is -3.02. The molecule has 1 aromatic carbocycles. The molecule has 160 valence electrons. The SMILES string of the molecule is O=C(Nc1c(Cl)cncc1Cl)c1ccc(OC(F)F)c2c1NCC1(CCCCC1)O2. The largest absolute Gasteiger partial charge is 0.479 e. The van der Waals surface area contributed by atoms with E-state index in [9.17, 15) is 13.6 Å². The van der Waals surface area contributed by atoms with E-state index in [0.29, 0.717) is 12.2 Å². The Labute approximate surface area is 181 Å². The summed E-state index contributed by atoms with van der Waals surface area (Å²) in [4.78, 5) is 16.8. The fourth-order valence-corrected chi connectivity index (χ4v) is 4.37. The lowest BCUT2D eigenvalue weighted by molar-refractivity contribution is -0.0550. The first-order valence-corrected chi connectivity index (χ1v) is 10.3. The van der Waals surface area contributed by atoms with Gasteiger partial charge in [0.2, 0.25) is 0 Å². The molecule has 0 atom stereocenters. The van der Waals surface area contributed by atoms with E-state index in [2.05, 4.69) is 20.4 Å². The lowest BCUT2D eigenvalue weighted by Crippen LogP contribution is -2.47. The summed E-state index contributed by atoms with van der Waals surface area (Å²) >= 11 is 12.2. The highest BCUT2D eigenvalue weighted by molar-refractivity contribution is 6.39. The zero-order valence-electron chi connectivity index (χ0n) is 15.8. The number of rotatable bonds is 4. The molecule has 6 nitrogen and oxygen atoms in total. The Bertz CT molecular complexity index is 948. The quantitative estimate of drug-likeness (QED) is 0.611. The molecule has 1 saturated carbocycles. The van der Waals surface area contributed by atoms with Gasteiger partial charge in [0.25, 0.3) is 5.91 Å². The van der Waals surface area contributed by atoms with E-state index < -0.39 is 18.1 Å². The molecule has 0 bridgehead atoms. The number of nitrogens with zero attached hydrogens (tertiary/aromatic N) is 1. The molecule has 1 amide bonds. The number of halogens is 4. The Morgan fingerprint density at radius 1 is 1.20 bits per heavy atom. The third-order valence-electron chi connectivity index (χ3n) is 5.34. The topological polar surface area (TPSA) is 72.5 Å². The van der Waals surface area contributed by atoms with Gasteiger partial charge in [-0.3, -0.25) is 9.78 Å². The maximum atomic E-state index is 13.0. The maximum Gasteiger partial charge on any atom is 0.387 e. The number of aromatic nitrogens is 1. The molecule has 2 aliphatic rings. The number of hydrogen-bond acceptors (Lipinski definition) is 5. The number of hydrogen-bond donors (Lipinski definition) is 2. The molecular formula is C20H19Cl2F2N3O3. The molecule has 4 rings (SSSR count). The van der Waals surface area contributed by atoms with Crippen LogP contribution in [-0.2, 0) is 0 Å². The van der Waals surface area contributed by atoms with E-state index in [4.69, 9.17) is 27.9 Å². The van der Waals surface area contributed by atoms with E-state index in [1.54, 1.807) is 0 Å². The number of amides is 1. The van der Waals surface area contributed by atoms with Crippen molar-refractivity contribution in [2.45, 2.75) is 44.3 Å². The van der Waals surface area contributed by atoms with Crippen LogP contribution in [-0.4, -0.2) is 29.6 Å². The third-order valence-corrected chi connectivity index (χ3v) is 5.92. The number of carbonyl (C=O) groups excluding carboxylic acids is 1. The summed E-state index contributed by atoms with van der Waals surface area (Å²) in [6.07, 6.45) is 7.38. The van der Waals surface area contributed by atoms with E-state index in [-0.39, 0.29) is 32.8 Å². The Morgan fingerprint density at radius 3 is 2.57 bits per heavy atom. The molecule has 1 fully saturated rings. The molecule has 1 spiro atoms. The van der Waals surface area contributed by atoms with Crippen LogP contribution < -0.4 is 20.1 Å². The Hall–Kier alpha value is -2.32. The van der Waals surface area contributed by atoms with Crippen LogP contribution in [0, 0.1) is 0 Å². The second-order valence-corrected chi connectivity index (χ2v) is 8.14. The van der Waals surface area contributed by atoms with Crippen molar-refractivity contribution in [2.24, 2.45) is 0 Å². The fourth-order valence-electron chi connectivity index (χ4n) is 3.91. The number of anilines is 2. The van der Waals surface area contributed by atoms with Gasteiger partial charge in [-0.1, -0.05) is 29.6 Å². The van der Waals surface area contributed by atoms with Crippen molar-refractivity contribution in [3.63, 3.8) is 0 Å². The van der Waals surface area contributed by atoms with Crippen LogP contribution in [0.3, 0.4) is 0 Å². The van der Waals surface area contributed by atoms with Crippen molar-refractivity contribution < 1.29 is 23.0 Å². The predicted molar refractivity (Wildman–Crippen MR) is 110 cm³/mol. The van der Waals surface area contributed by atoms with Crippen molar-refractivity contribution in [1.82, 2.24) is 4.98 Å². The summed E-state index contributed by atoms with van der Waals surface area (Å²) < 4.78 is 36.8. The van der Waals surface area contributed by atoms with Gasteiger partial charge >= 0.3 is 6.61 Å². The van der Waals surface area contributed by atoms with Crippen molar-refractivity contribution >= 4 is 40.5 Å². The first-order chi connectivity index (χ1) is 14.4. The van der Waals surface area contributed by atoms with E-state index in [1.807, 2.05) is 0 Å². The maximum absolute atomic E-state index is 13.0. The third kappa shape index (κ3) is 4.11. The molecule has 30 heavy (non-hydrogen) atoms. The van der Waals surface area contributed by atoms with Crippen LogP contribution in [0.5, 0.6) is 11.5 Å². The van der Waals surface area contributed by atoms with E-state index in [0.717, 1.165) is 32.1 Å². The minimum Gasteiger partial charge on any atom is -0.479 e. The molecule has 1 aliphatic carbocycles. The summed E-state index contributed by atoms with van der Waals surface area (Å²) in [6.45, 7) is -2.55. The van der Waals surface area contributed by atoms with Gasteiger partial charge in [-0.15, -0.1) is 0 Å². The monoisotopic (exact) mass is 457 g/mol. The highest BCUT2D eigenvalue weighted by Crippen LogP contribution is 2.47. The van der Waals surface area contributed by atoms with Crippen molar-refractivity contribution in [1.29, 1.82) is 0 Å². The van der Waals surface area contributed by atoms with Gasteiger partial charge in [0.05, 0.1) is 33.5 Å². The molecule has 10 heteroatoms. The highest BCUT2D eigenvalue weighted by atomic mass is 35.5. The van der Waals surface area contributed by atoms with Gasteiger partial charge in [-0.05, 0) is 37.8 Å². The molecular weight excluding hydrogens is 439 g/mol. The molecule has 0 saturated heterocycles. The van der Waals surface area contributed by atoms with Crippen molar-refractivity contribution in [2.75, 3.05) is 17.2 Å². The van der Waals surface area contributed by atoms with Gasteiger partial charge in [-0.25, -0.2) is 0 Å². The van der Waals surface area contributed by atoms with Gasteiger partial charge in [0, 0.05) is 12.4 Å². The summed E-state index contributed by atoms with van der Waals surface area (Å²) in [5, 5.41) is 6.21. The summed E-state index contributed by atoms with van der Waals surface area (Å²) in [7, 11) is 0. The zero-order chi connectivity index (χ0) is 21.3. The summed E-state index contributed by atoms with van der Waals surface area (Å²) in [5.74, 6) is -0.530. The number of ether oxygens (including phenoxy) is 2. The van der Waals surface area contributed by atoms with Crippen LogP contribution in [0.4, 0.5) is 20.2 Å². The second-order valence-electron chi connectivity index (χ2n) is 7.33. The van der Waals surface area contributed by atoms with Crippen LogP contribution >= 0.6 is 23.2 Å². The summed E-state index contributed by atoms with van der Waals surface area (Å²) in [6, 6.07) is 2.70. The van der Waals surface area contributed by atoms with E-state index in [1.165, 1.54) is 24.5 Å². The molecule has 2 heterocycles. The Morgan fingerprint density at radius 2 is 1.90 bits per heavy atom. The fraction of sp³-hybridized carbons (Fsp3) is 0.400. The average Bonchev–Trinajstić information content (AvgIpc) is 2.71. The number of benzene rings is 1. The standard InChI is InChI=1S/C20H19Cl2F2N3O3/c21-12-8-25-9-13(22)16(12)27-18(28)11-4-5-14(29-19(23)24)17-15(11)26-10-20(30-17)6-2-1-3-7-20/h4-5,8-9,19,26H,1-3,6-7,10H2,(H,25,27,28). The number of fused-ring (bicyclic) bond motifs is 1. The number of alkyl halides is 2. The normalized spacial score (nSPS) is 17.1. The molecule has 2 aromatic rings. The second kappa shape index (κ2) is 8.43. The molecule has 2 N–H and O–H groups in total. The van der Waals surface area contributed by atoms with Crippen LogP contribution in [0.15, 0.2) is 24.5 Å². The average molecular weight is 458 g/mol. The number of pyridine rings is 1. The zero-order valence-corrected chi connectivity index (χ0v) is 17.3. The molecule has 1 aromatic heterocycles. The van der Waals surface area contributed by atoms with Gasteiger partial charge < -0.3 is 20.1 Å². The first-order valence-electron chi connectivity index (χ1n) is 9.54. The smallest absolute Gasteiger partial charge is 0.387 e. The minimum absolute atomic E-state index is 0.114. The van der Waals surface area contributed by atoms with Gasteiger partial charge in [0.1, 0.15) is 5.60 Å². The first kappa shape index (κ1) is 20.9. The van der Waals surface area contributed by atoms with Crippen molar-refractivity contribution in [3.05, 3.63) is 40.1 Å². The molecule has 0 radical (unpaired) electrons. The number of carbonyl (C=O) groups is 1. The summed E-state index contributed by atoms with van der Waals surface area (Å²) in [5.41, 5.74) is 0.197. The Kier molecular flexibility index (Phi) is 5.88. The van der Waals surface area contributed by atoms with E-state index >= 15 is 0 Å². The van der Waals surface area contributed by atoms with Crippen molar-refractivity contribution in [3.8, 4) is 11.5 Å². The van der Waals surface area contributed by atoms with Gasteiger partial charge in [-0.2, -0.15) is 8.78 Å². The lowest BCUT2D eigenvalue weighted by Gasteiger charge is -2.42. The van der Waals surface area contributed by atoms with Crippen LogP contribution in [0.1, 0.15) is 42.5 Å². The highest BCUT2D eigenvalue weighted by Gasteiger charge is 2.40. The Balaban J connectivity index is 1.70. The molecule has 0 unspecified atom stereocenters. The van der Waals surface area contributed by atoms with Crippen LogP contribution in [0.25, 0.3) is 0 Å². The lowest BCUT2D eigenvalue weighted by atomic mass is 9.83. The molecule has 1 aliphatic heterocycles. The number of nitrogens with one attached hydrogen (secondary N) is 2. The van der Waals surface area contributed by atoms with Crippen LogP contribution in [0.2, 0.25) is 10.0 Å².